The van der Waals surface area contributed by atoms with Crippen molar-refractivity contribution in [2.75, 3.05) is 0 Å². The van der Waals surface area contributed by atoms with Crippen LogP contribution in [-0.4, -0.2) is 9.55 Å². The molecule has 0 radical (unpaired) electrons. The van der Waals surface area contributed by atoms with Crippen LogP contribution in [0.1, 0.15) is 19.9 Å². The van der Waals surface area contributed by atoms with Crippen molar-refractivity contribution in [3.8, 4) is 10.7 Å². The van der Waals surface area contributed by atoms with Crippen molar-refractivity contribution in [2.45, 2.75) is 19.9 Å². The standard InChI is InChI=1S/C10H11ClN2S/c1-7(2)13-9(11)6-12-10(13)8-4-3-5-14-8/h3-7H,1-2H3. The van der Waals surface area contributed by atoms with Gasteiger partial charge in [-0.05, 0) is 25.3 Å². The zero-order valence-electron chi connectivity index (χ0n) is 8.07. The van der Waals surface area contributed by atoms with Crippen LogP contribution in [0.2, 0.25) is 5.15 Å². The minimum absolute atomic E-state index is 0.335. The molecular weight excluding hydrogens is 216 g/mol. The van der Waals surface area contributed by atoms with Crippen LogP contribution in [0.25, 0.3) is 10.7 Å². The third-order valence-electron chi connectivity index (χ3n) is 2.01. The van der Waals surface area contributed by atoms with E-state index in [1.807, 2.05) is 16.0 Å². The van der Waals surface area contributed by atoms with Gasteiger partial charge in [-0.3, -0.25) is 0 Å². The van der Waals surface area contributed by atoms with Crippen molar-refractivity contribution in [3.63, 3.8) is 0 Å². The van der Waals surface area contributed by atoms with Crippen molar-refractivity contribution in [1.82, 2.24) is 9.55 Å². The summed E-state index contributed by atoms with van der Waals surface area (Å²) < 4.78 is 2.04. The van der Waals surface area contributed by atoms with Crippen molar-refractivity contribution in [3.05, 3.63) is 28.9 Å². The maximum absolute atomic E-state index is 6.06. The van der Waals surface area contributed by atoms with Gasteiger partial charge in [0, 0.05) is 6.04 Å². The molecule has 14 heavy (non-hydrogen) atoms. The second kappa shape index (κ2) is 3.75. The number of imidazole rings is 1. The SMILES string of the molecule is CC(C)n1c(Cl)cnc1-c1cccs1. The minimum atomic E-state index is 0.335. The summed E-state index contributed by atoms with van der Waals surface area (Å²) in [5.41, 5.74) is 0. The molecule has 0 saturated heterocycles. The molecule has 0 amide bonds. The first kappa shape index (κ1) is 9.74. The maximum Gasteiger partial charge on any atom is 0.151 e. The molecule has 0 saturated carbocycles. The lowest BCUT2D eigenvalue weighted by atomic mass is 10.3. The molecule has 0 aliphatic heterocycles. The Labute approximate surface area is 92.2 Å². The van der Waals surface area contributed by atoms with E-state index in [1.54, 1.807) is 17.5 Å². The van der Waals surface area contributed by atoms with Crippen LogP contribution in [0.4, 0.5) is 0 Å². The molecule has 0 aliphatic carbocycles. The molecule has 0 fully saturated rings. The summed E-state index contributed by atoms with van der Waals surface area (Å²) >= 11 is 7.74. The highest BCUT2D eigenvalue weighted by Gasteiger charge is 2.13. The maximum atomic E-state index is 6.06. The van der Waals surface area contributed by atoms with Crippen LogP contribution in [0.15, 0.2) is 23.7 Å². The van der Waals surface area contributed by atoms with Gasteiger partial charge in [0.25, 0.3) is 0 Å². The zero-order valence-corrected chi connectivity index (χ0v) is 9.64. The lowest BCUT2D eigenvalue weighted by molar-refractivity contribution is 0.608. The number of aromatic nitrogens is 2. The van der Waals surface area contributed by atoms with Gasteiger partial charge >= 0.3 is 0 Å². The van der Waals surface area contributed by atoms with E-state index in [2.05, 4.69) is 24.9 Å². The Morgan fingerprint density at radius 3 is 2.86 bits per heavy atom. The van der Waals surface area contributed by atoms with E-state index < -0.39 is 0 Å². The van der Waals surface area contributed by atoms with Gasteiger partial charge in [-0.15, -0.1) is 11.3 Å². The molecule has 0 spiro atoms. The molecular formula is C10H11ClN2S. The third kappa shape index (κ3) is 1.57. The first-order valence-corrected chi connectivity index (χ1v) is 5.72. The van der Waals surface area contributed by atoms with E-state index in [4.69, 9.17) is 11.6 Å². The minimum Gasteiger partial charge on any atom is -0.312 e. The molecule has 0 aromatic carbocycles. The summed E-state index contributed by atoms with van der Waals surface area (Å²) in [6, 6.07) is 4.41. The van der Waals surface area contributed by atoms with Crippen LogP contribution in [-0.2, 0) is 0 Å². The number of hydrogen-bond donors (Lipinski definition) is 0. The van der Waals surface area contributed by atoms with E-state index >= 15 is 0 Å². The molecule has 0 unspecified atom stereocenters. The molecule has 2 rings (SSSR count). The number of rotatable bonds is 2. The Morgan fingerprint density at radius 2 is 2.29 bits per heavy atom. The summed E-state index contributed by atoms with van der Waals surface area (Å²) in [5.74, 6) is 0.958. The molecule has 2 aromatic heterocycles. The van der Waals surface area contributed by atoms with Crippen LogP contribution in [0, 0.1) is 0 Å². The van der Waals surface area contributed by atoms with Crippen LogP contribution in [0.5, 0.6) is 0 Å². The Morgan fingerprint density at radius 1 is 1.50 bits per heavy atom. The fourth-order valence-corrected chi connectivity index (χ4v) is 2.46. The average Bonchev–Trinajstić information content (AvgIpc) is 2.70. The molecule has 0 N–H and O–H groups in total. The predicted octanol–water partition coefficient (Wildman–Crippen LogP) is 3.85. The summed E-state index contributed by atoms with van der Waals surface area (Å²) in [4.78, 5) is 5.48. The van der Waals surface area contributed by atoms with Crippen molar-refractivity contribution >= 4 is 22.9 Å². The molecule has 0 aliphatic rings. The third-order valence-corrected chi connectivity index (χ3v) is 3.16. The van der Waals surface area contributed by atoms with Gasteiger partial charge in [-0.1, -0.05) is 17.7 Å². The van der Waals surface area contributed by atoms with Gasteiger partial charge in [0.15, 0.2) is 5.82 Å². The van der Waals surface area contributed by atoms with Crippen molar-refractivity contribution < 1.29 is 0 Å². The molecule has 0 bridgehead atoms. The fraction of sp³-hybridized carbons (Fsp3) is 0.300. The largest absolute Gasteiger partial charge is 0.312 e. The number of hydrogen-bond acceptors (Lipinski definition) is 2. The van der Waals surface area contributed by atoms with Crippen LogP contribution in [0.3, 0.4) is 0 Å². The molecule has 74 valence electrons. The first-order chi connectivity index (χ1) is 6.70. The number of thiophene rings is 1. The normalized spacial score (nSPS) is 11.1. The monoisotopic (exact) mass is 226 g/mol. The van der Waals surface area contributed by atoms with Gasteiger partial charge in [0.1, 0.15) is 5.15 Å². The second-order valence-corrected chi connectivity index (χ2v) is 4.68. The van der Waals surface area contributed by atoms with E-state index in [0.717, 1.165) is 10.7 Å². The quantitative estimate of drug-likeness (QED) is 0.761. The van der Waals surface area contributed by atoms with Crippen LogP contribution >= 0.6 is 22.9 Å². The lowest BCUT2D eigenvalue weighted by Crippen LogP contribution is -2.02. The van der Waals surface area contributed by atoms with Crippen LogP contribution < -0.4 is 0 Å². The first-order valence-electron chi connectivity index (χ1n) is 4.46. The molecule has 2 aromatic rings. The van der Waals surface area contributed by atoms with E-state index in [-0.39, 0.29) is 0 Å². The summed E-state index contributed by atoms with van der Waals surface area (Å²) in [6.45, 7) is 4.20. The van der Waals surface area contributed by atoms with E-state index in [1.165, 1.54) is 0 Å². The Bertz CT molecular complexity index is 417. The van der Waals surface area contributed by atoms with Gasteiger partial charge < -0.3 is 4.57 Å². The number of nitrogens with zero attached hydrogens (tertiary/aromatic N) is 2. The molecule has 4 heteroatoms. The van der Waals surface area contributed by atoms with Crippen molar-refractivity contribution in [2.24, 2.45) is 0 Å². The summed E-state index contributed by atoms with van der Waals surface area (Å²) in [7, 11) is 0. The molecule has 2 heterocycles. The van der Waals surface area contributed by atoms with Gasteiger partial charge in [-0.25, -0.2) is 4.98 Å². The number of halogens is 1. The smallest absolute Gasteiger partial charge is 0.151 e. The highest BCUT2D eigenvalue weighted by Crippen LogP contribution is 2.29. The summed E-state index contributed by atoms with van der Waals surface area (Å²) in [6.07, 6.45) is 1.70. The molecule has 2 nitrogen and oxygen atoms in total. The van der Waals surface area contributed by atoms with Gasteiger partial charge in [0.2, 0.25) is 0 Å². The summed E-state index contributed by atoms with van der Waals surface area (Å²) in [5, 5.41) is 2.74. The van der Waals surface area contributed by atoms with E-state index in [9.17, 15) is 0 Å². The Balaban J connectivity index is 2.54. The highest BCUT2D eigenvalue weighted by molar-refractivity contribution is 7.13. The molecule has 0 atom stereocenters. The van der Waals surface area contributed by atoms with Crippen molar-refractivity contribution in [1.29, 1.82) is 0 Å². The second-order valence-electron chi connectivity index (χ2n) is 3.35. The zero-order chi connectivity index (χ0) is 10.1. The lowest BCUT2D eigenvalue weighted by Gasteiger charge is -2.11. The Kier molecular flexibility index (Phi) is 2.61. The Hall–Kier alpha value is -0.800. The fourth-order valence-electron chi connectivity index (χ4n) is 1.42. The average molecular weight is 227 g/mol. The van der Waals surface area contributed by atoms with Gasteiger partial charge in [0.05, 0.1) is 11.1 Å². The predicted molar refractivity (Wildman–Crippen MR) is 60.9 cm³/mol. The van der Waals surface area contributed by atoms with Gasteiger partial charge in [-0.2, -0.15) is 0 Å². The topological polar surface area (TPSA) is 17.8 Å². The van der Waals surface area contributed by atoms with E-state index in [0.29, 0.717) is 11.2 Å². The highest BCUT2D eigenvalue weighted by atomic mass is 35.5.